The first-order valence-electron chi connectivity index (χ1n) is 9.78. The maximum atomic E-state index is 14.0. The second-order valence-electron chi connectivity index (χ2n) is 7.41. The van der Waals surface area contributed by atoms with Crippen molar-refractivity contribution in [1.29, 1.82) is 0 Å². The van der Waals surface area contributed by atoms with E-state index >= 15 is 0 Å². The molecule has 0 spiro atoms. The van der Waals surface area contributed by atoms with Gasteiger partial charge in [0, 0.05) is 29.1 Å². The molecule has 3 aromatic rings. The van der Waals surface area contributed by atoms with E-state index in [1.54, 1.807) is 24.3 Å². The molecule has 0 radical (unpaired) electrons. The SMILES string of the molecule is Cc1cc(/C=C2/NC(=O)N(Cc3ccccc3F)C2=O)c(C)n1-c1cccc([N+](=O)[O-])c1. The number of nitrogens with one attached hydrogen (secondary N) is 1. The van der Waals surface area contributed by atoms with Gasteiger partial charge < -0.3 is 9.88 Å². The predicted octanol–water partition coefficient (Wildman–Crippen LogP) is 4.23. The third kappa shape index (κ3) is 3.76. The van der Waals surface area contributed by atoms with Crippen LogP contribution in [0.3, 0.4) is 0 Å². The Morgan fingerprint density at radius 3 is 2.56 bits per heavy atom. The molecule has 9 heteroatoms. The number of benzene rings is 2. The van der Waals surface area contributed by atoms with Crippen LogP contribution in [0.2, 0.25) is 0 Å². The van der Waals surface area contributed by atoms with Crippen molar-refractivity contribution in [1.82, 2.24) is 14.8 Å². The van der Waals surface area contributed by atoms with Crippen molar-refractivity contribution in [3.8, 4) is 5.69 Å². The molecule has 0 aliphatic carbocycles. The molecule has 1 N–H and O–H groups in total. The van der Waals surface area contributed by atoms with Crippen molar-refractivity contribution in [2.75, 3.05) is 0 Å². The zero-order valence-electron chi connectivity index (χ0n) is 17.3. The fourth-order valence-corrected chi connectivity index (χ4v) is 3.74. The molecule has 0 saturated carbocycles. The normalized spacial score (nSPS) is 14.8. The minimum atomic E-state index is -0.628. The second-order valence-corrected chi connectivity index (χ2v) is 7.41. The van der Waals surface area contributed by atoms with Gasteiger partial charge in [-0.25, -0.2) is 9.18 Å². The Hall–Kier alpha value is -4.27. The Morgan fingerprint density at radius 1 is 1.09 bits per heavy atom. The van der Waals surface area contributed by atoms with Gasteiger partial charge in [-0.05, 0) is 43.7 Å². The van der Waals surface area contributed by atoms with Gasteiger partial charge in [0.1, 0.15) is 11.5 Å². The van der Waals surface area contributed by atoms with E-state index in [9.17, 15) is 24.1 Å². The molecule has 1 aliphatic rings. The number of halogens is 1. The highest BCUT2D eigenvalue weighted by Crippen LogP contribution is 2.26. The molecule has 32 heavy (non-hydrogen) atoms. The fraction of sp³-hybridized carbons (Fsp3) is 0.130. The van der Waals surface area contributed by atoms with Crippen LogP contribution in [0.5, 0.6) is 0 Å². The number of imide groups is 1. The van der Waals surface area contributed by atoms with Crippen LogP contribution in [-0.4, -0.2) is 26.3 Å². The van der Waals surface area contributed by atoms with Crippen molar-refractivity contribution in [2.24, 2.45) is 0 Å². The third-order valence-electron chi connectivity index (χ3n) is 5.32. The van der Waals surface area contributed by atoms with Crippen LogP contribution in [0.4, 0.5) is 14.9 Å². The first kappa shape index (κ1) is 21.0. The topological polar surface area (TPSA) is 97.5 Å². The number of carbonyl (C=O) groups is 2. The van der Waals surface area contributed by atoms with Gasteiger partial charge >= 0.3 is 6.03 Å². The summed E-state index contributed by atoms with van der Waals surface area (Å²) in [7, 11) is 0. The molecule has 1 saturated heterocycles. The third-order valence-corrected chi connectivity index (χ3v) is 5.32. The number of rotatable bonds is 5. The summed E-state index contributed by atoms with van der Waals surface area (Å²) in [6.07, 6.45) is 1.55. The second kappa shape index (κ2) is 8.10. The minimum Gasteiger partial charge on any atom is -0.318 e. The van der Waals surface area contributed by atoms with Crippen LogP contribution >= 0.6 is 0 Å². The van der Waals surface area contributed by atoms with Crippen LogP contribution in [0.25, 0.3) is 11.8 Å². The van der Waals surface area contributed by atoms with E-state index < -0.39 is 22.7 Å². The van der Waals surface area contributed by atoms with E-state index in [0.29, 0.717) is 11.3 Å². The lowest BCUT2D eigenvalue weighted by Gasteiger charge is -2.12. The van der Waals surface area contributed by atoms with E-state index in [-0.39, 0.29) is 23.5 Å². The molecule has 3 amide bonds. The lowest BCUT2D eigenvalue weighted by Crippen LogP contribution is -2.30. The Kier molecular flexibility index (Phi) is 5.31. The van der Waals surface area contributed by atoms with Crippen molar-refractivity contribution in [2.45, 2.75) is 20.4 Å². The molecule has 2 heterocycles. The summed E-state index contributed by atoms with van der Waals surface area (Å²) >= 11 is 0. The lowest BCUT2D eigenvalue weighted by molar-refractivity contribution is -0.384. The highest BCUT2D eigenvalue weighted by molar-refractivity contribution is 6.14. The molecule has 2 aromatic carbocycles. The zero-order chi connectivity index (χ0) is 23.0. The first-order chi connectivity index (χ1) is 15.3. The number of hydrogen-bond donors (Lipinski definition) is 1. The van der Waals surface area contributed by atoms with Crippen LogP contribution in [0, 0.1) is 29.8 Å². The van der Waals surface area contributed by atoms with Crippen molar-refractivity contribution in [3.05, 3.63) is 98.7 Å². The number of non-ortho nitro benzene ring substituents is 1. The lowest BCUT2D eigenvalue weighted by atomic mass is 10.2. The Bertz CT molecular complexity index is 1290. The molecule has 8 nitrogen and oxygen atoms in total. The zero-order valence-corrected chi connectivity index (χ0v) is 17.3. The van der Waals surface area contributed by atoms with Gasteiger partial charge in [-0.1, -0.05) is 24.3 Å². The predicted molar refractivity (Wildman–Crippen MR) is 115 cm³/mol. The fourth-order valence-electron chi connectivity index (χ4n) is 3.74. The molecule has 1 fully saturated rings. The number of nitro benzene ring substituents is 1. The number of aromatic nitrogens is 1. The molecule has 0 bridgehead atoms. The maximum absolute atomic E-state index is 14.0. The number of nitro groups is 1. The number of aryl methyl sites for hydroxylation is 1. The number of amides is 3. The molecular formula is C23H19FN4O4. The number of urea groups is 1. The van der Waals surface area contributed by atoms with E-state index in [0.717, 1.165) is 16.3 Å². The van der Waals surface area contributed by atoms with Gasteiger partial charge in [0.25, 0.3) is 11.6 Å². The molecule has 1 aliphatic heterocycles. The monoisotopic (exact) mass is 434 g/mol. The molecule has 0 unspecified atom stereocenters. The first-order valence-corrected chi connectivity index (χ1v) is 9.78. The van der Waals surface area contributed by atoms with Gasteiger partial charge in [-0.15, -0.1) is 0 Å². The van der Waals surface area contributed by atoms with Crippen LogP contribution < -0.4 is 5.32 Å². The minimum absolute atomic E-state index is 0.0306. The molecule has 0 atom stereocenters. The molecule has 162 valence electrons. The van der Waals surface area contributed by atoms with Gasteiger partial charge in [0.15, 0.2) is 0 Å². The number of nitrogens with zero attached hydrogens (tertiary/aromatic N) is 3. The van der Waals surface area contributed by atoms with E-state index in [2.05, 4.69) is 5.32 Å². The largest absolute Gasteiger partial charge is 0.329 e. The smallest absolute Gasteiger partial charge is 0.318 e. The average molecular weight is 434 g/mol. The molecule has 1 aromatic heterocycles. The Balaban J connectivity index is 1.65. The molecule has 4 rings (SSSR count). The van der Waals surface area contributed by atoms with Gasteiger partial charge in [0.2, 0.25) is 0 Å². The highest BCUT2D eigenvalue weighted by Gasteiger charge is 2.34. The summed E-state index contributed by atoms with van der Waals surface area (Å²) in [6, 6.07) is 13.4. The van der Waals surface area contributed by atoms with E-state index in [1.807, 2.05) is 24.5 Å². The number of carbonyl (C=O) groups excluding carboxylic acids is 2. The quantitative estimate of drug-likeness (QED) is 0.281. The summed E-state index contributed by atoms with van der Waals surface area (Å²) in [5, 5.41) is 13.7. The van der Waals surface area contributed by atoms with Crippen molar-refractivity contribution < 1.29 is 18.9 Å². The summed E-state index contributed by atoms with van der Waals surface area (Å²) < 4.78 is 15.8. The highest BCUT2D eigenvalue weighted by atomic mass is 19.1. The Labute approximate surface area is 182 Å². The Morgan fingerprint density at radius 2 is 1.84 bits per heavy atom. The summed E-state index contributed by atoms with van der Waals surface area (Å²) in [6.45, 7) is 3.48. The maximum Gasteiger partial charge on any atom is 0.329 e. The number of hydrogen-bond acceptors (Lipinski definition) is 4. The van der Waals surface area contributed by atoms with Gasteiger partial charge in [0.05, 0.1) is 17.2 Å². The van der Waals surface area contributed by atoms with Gasteiger partial charge in [-0.3, -0.25) is 19.8 Å². The van der Waals surface area contributed by atoms with E-state index in [4.69, 9.17) is 0 Å². The standard InChI is InChI=1S/C23H19FN4O4/c1-14-10-17(15(2)27(14)18-7-5-8-19(12-18)28(31)32)11-21-22(29)26(23(30)25-21)13-16-6-3-4-9-20(16)24/h3-12H,13H2,1-2H3,(H,25,30)/b21-11+. The van der Waals surface area contributed by atoms with E-state index in [1.165, 1.54) is 30.3 Å². The summed E-state index contributed by atoms with van der Waals surface area (Å²) in [5.74, 6) is -1.05. The van der Waals surface area contributed by atoms with Crippen molar-refractivity contribution >= 4 is 23.7 Å². The average Bonchev–Trinajstić information content (AvgIpc) is 3.19. The van der Waals surface area contributed by atoms with Gasteiger partial charge in [-0.2, -0.15) is 0 Å². The molecular weight excluding hydrogens is 415 g/mol. The van der Waals surface area contributed by atoms with Crippen LogP contribution in [0.1, 0.15) is 22.5 Å². The van der Waals surface area contributed by atoms with Crippen molar-refractivity contribution in [3.63, 3.8) is 0 Å². The van der Waals surface area contributed by atoms with Crippen LogP contribution in [0.15, 0.2) is 60.3 Å². The summed E-state index contributed by atoms with van der Waals surface area (Å²) in [5.41, 5.74) is 3.11. The van der Waals surface area contributed by atoms with Crippen LogP contribution in [-0.2, 0) is 11.3 Å². The summed E-state index contributed by atoms with van der Waals surface area (Å²) in [4.78, 5) is 36.7.